The van der Waals surface area contributed by atoms with Gasteiger partial charge in [-0.3, -0.25) is 0 Å². The van der Waals surface area contributed by atoms with Crippen LogP contribution in [0.1, 0.15) is 43.0 Å². The Morgan fingerprint density at radius 1 is 1.17 bits per heavy atom. The van der Waals surface area contributed by atoms with Gasteiger partial charge in [-0.15, -0.1) is 0 Å². The zero-order chi connectivity index (χ0) is 21.5. The summed E-state index contributed by atoms with van der Waals surface area (Å²) in [5.41, 5.74) is 3.77. The molecule has 0 saturated heterocycles. The number of hydrogen-bond donors (Lipinski definition) is 3. The quantitative estimate of drug-likeness (QED) is 0.624. The van der Waals surface area contributed by atoms with Crippen LogP contribution in [0.25, 0.3) is 0 Å². The van der Waals surface area contributed by atoms with E-state index in [9.17, 15) is 4.79 Å². The third-order valence-electron chi connectivity index (χ3n) is 5.80. The van der Waals surface area contributed by atoms with Gasteiger partial charge in [0.05, 0.1) is 26.8 Å². The van der Waals surface area contributed by atoms with E-state index in [1.165, 1.54) is 21.6 Å². The van der Waals surface area contributed by atoms with E-state index >= 15 is 0 Å². The van der Waals surface area contributed by atoms with Gasteiger partial charge in [0.1, 0.15) is 12.6 Å². The van der Waals surface area contributed by atoms with Crippen molar-refractivity contribution in [1.29, 1.82) is 0 Å². The van der Waals surface area contributed by atoms with E-state index < -0.39 is 0 Å². The van der Waals surface area contributed by atoms with E-state index in [1.54, 1.807) is 14.2 Å². The molecule has 6 nitrogen and oxygen atoms in total. The predicted octanol–water partition coefficient (Wildman–Crippen LogP) is 2.48. The zero-order valence-electron chi connectivity index (χ0n) is 18.5. The highest BCUT2D eigenvalue weighted by Gasteiger charge is 2.37. The van der Waals surface area contributed by atoms with Crippen LogP contribution in [0.5, 0.6) is 11.5 Å². The molecule has 0 bridgehead atoms. The first kappa shape index (κ1) is 22.0. The number of carbonyl (C=O) groups is 1. The molecule has 1 aliphatic rings. The third kappa shape index (κ3) is 5.05. The summed E-state index contributed by atoms with van der Waals surface area (Å²) in [6.45, 7) is 6.71. The lowest BCUT2D eigenvalue weighted by Gasteiger charge is -2.38. The van der Waals surface area contributed by atoms with E-state index in [4.69, 9.17) is 9.47 Å². The van der Waals surface area contributed by atoms with Crippen LogP contribution in [-0.2, 0) is 13.0 Å². The highest BCUT2D eigenvalue weighted by molar-refractivity contribution is 5.74. The summed E-state index contributed by atoms with van der Waals surface area (Å²) in [4.78, 5) is 13.8. The van der Waals surface area contributed by atoms with Crippen molar-refractivity contribution in [3.05, 3.63) is 59.2 Å². The van der Waals surface area contributed by atoms with Crippen molar-refractivity contribution in [1.82, 2.24) is 10.6 Å². The molecule has 3 atom stereocenters. The summed E-state index contributed by atoms with van der Waals surface area (Å²) in [5, 5.41) is 6.09. The number of ether oxygens (including phenoxy) is 2. The van der Waals surface area contributed by atoms with Gasteiger partial charge >= 0.3 is 6.03 Å². The smallest absolute Gasteiger partial charge is 0.315 e. The molecule has 30 heavy (non-hydrogen) atoms. The van der Waals surface area contributed by atoms with E-state index in [-0.39, 0.29) is 18.1 Å². The van der Waals surface area contributed by atoms with Crippen molar-refractivity contribution in [2.45, 2.75) is 45.3 Å². The number of rotatable bonds is 8. The van der Waals surface area contributed by atoms with Crippen LogP contribution >= 0.6 is 0 Å². The standard InChI is InChI=1S/C24H33N3O3/c1-5-12-25-24(28)26-17(2)23-20-15-22(30-4)21(29-3)14-19(20)11-13-27(23)16-18-9-7-6-8-10-18/h6-10,14-15,17,23H,5,11-13,16H2,1-4H3,(H2,25,26,28)/p+1/t17-,23+/m0/s1. The Morgan fingerprint density at radius 2 is 1.87 bits per heavy atom. The van der Waals surface area contributed by atoms with Gasteiger partial charge in [-0.05, 0) is 31.0 Å². The first-order valence-corrected chi connectivity index (χ1v) is 10.7. The first-order valence-electron chi connectivity index (χ1n) is 10.7. The number of nitrogens with one attached hydrogen (secondary N) is 3. The summed E-state index contributed by atoms with van der Waals surface area (Å²) in [6, 6.07) is 14.7. The molecule has 0 aromatic heterocycles. The molecular weight excluding hydrogens is 378 g/mol. The third-order valence-corrected chi connectivity index (χ3v) is 5.80. The molecule has 0 aliphatic carbocycles. The summed E-state index contributed by atoms with van der Waals surface area (Å²) >= 11 is 0. The second-order valence-electron chi connectivity index (χ2n) is 7.89. The van der Waals surface area contributed by atoms with Crippen LogP contribution < -0.4 is 25.0 Å². The van der Waals surface area contributed by atoms with Gasteiger partial charge in [0, 0.05) is 24.1 Å². The molecule has 0 radical (unpaired) electrons. The van der Waals surface area contributed by atoms with Gasteiger partial charge in [0.2, 0.25) is 0 Å². The maximum absolute atomic E-state index is 12.4. The summed E-state index contributed by atoms with van der Waals surface area (Å²) < 4.78 is 11.1. The number of benzene rings is 2. The lowest BCUT2D eigenvalue weighted by Crippen LogP contribution is -3.13. The maximum atomic E-state index is 12.4. The highest BCUT2D eigenvalue weighted by Crippen LogP contribution is 2.35. The van der Waals surface area contributed by atoms with Crippen molar-refractivity contribution in [2.24, 2.45) is 0 Å². The molecule has 162 valence electrons. The van der Waals surface area contributed by atoms with Gasteiger partial charge in [0.15, 0.2) is 11.5 Å². The summed E-state index contributed by atoms with van der Waals surface area (Å²) in [6.07, 6.45) is 1.87. The molecule has 1 heterocycles. The molecule has 3 N–H and O–H groups in total. The van der Waals surface area contributed by atoms with Crippen molar-refractivity contribution in [2.75, 3.05) is 27.3 Å². The minimum Gasteiger partial charge on any atom is -0.493 e. The van der Waals surface area contributed by atoms with Crippen molar-refractivity contribution in [3.8, 4) is 11.5 Å². The average Bonchev–Trinajstić information content (AvgIpc) is 2.77. The number of fused-ring (bicyclic) bond motifs is 1. The number of methoxy groups -OCH3 is 2. The Balaban J connectivity index is 1.93. The van der Waals surface area contributed by atoms with Crippen LogP contribution in [-0.4, -0.2) is 39.4 Å². The van der Waals surface area contributed by atoms with Gasteiger partial charge in [-0.2, -0.15) is 0 Å². The second kappa shape index (κ2) is 10.3. The van der Waals surface area contributed by atoms with E-state index in [2.05, 4.69) is 54.0 Å². The fraction of sp³-hybridized carbons (Fsp3) is 0.458. The van der Waals surface area contributed by atoms with Gasteiger partial charge in [-0.25, -0.2) is 4.79 Å². The van der Waals surface area contributed by atoms with Crippen LogP contribution in [0.3, 0.4) is 0 Å². The van der Waals surface area contributed by atoms with E-state index in [1.807, 2.05) is 13.0 Å². The normalized spacial score (nSPS) is 18.8. The largest absolute Gasteiger partial charge is 0.493 e. The molecular formula is C24H34N3O3+. The number of carbonyl (C=O) groups excluding carboxylic acids is 1. The Bertz CT molecular complexity index is 841. The highest BCUT2D eigenvalue weighted by atomic mass is 16.5. The number of urea groups is 1. The molecule has 1 unspecified atom stereocenters. The number of amides is 2. The van der Waals surface area contributed by atoms with Crippen LogP contribution in [0, 0.1) is 0 Å². The lowest BCUT2D eigenvalue weighted by atomic mass is 9.87. The van der Waals surface area contributed by atoms with Gasteiger partial charge in [-0.1, -0.05) is 37.3 Å². The maximum Gasteiger partial charge on any atom is 0.315 e. The van der Waals surface area contributed by atoms with Gasteiger partial charge in [0.25, 0.3) is 0 Å². The minimum absolute atomic E-state index is 0.0438. The SMILES string of the molecule is CCCNC(=O)N[C@@H](C)[C@@H]1c2cc(OC)c(OC)cc2CC[NH+]1Cc1ccccc1. The van der Waals surface area contributed by atoms with Crippen molar-refractivity contribution in [3.63, 3.8) is 0 Å². The molecule has 0 fully saturated rings. The fourth-order valence-electron chi connectivity index (χ4n) is 4.37. The Labute approximate surface area is 179 Å². The molecule has 0 spiro atoms. The van der Waals surface area contributed by atoms with Crippen LogP contribution in [0.15, 0.2) is 42.5 Å². The minimum atomic E-state index is -0.115. The molecule has 1 aliphatic heterocycles. The summed E-state index contributed by atoms with van der Waals surface area (Å²) in [5.74, 6) is 1.48. The van der Waals surface area contributed by atoms with E-state index in [0.29, 0.717) is 6.54 Å². The Morgan fingerprint density at radius 3 is 2.53 bits per heavy atom. The number of hydrogen-bond acceptors (Lipinski definition) is 3. The predicted molar refractivity (Wildman–Crippen MR) is 118 cm³/mol. The Kier molecular flexibility index (Phi) is 7.57. The average molecular weight is 413 g/mol. The molecule has 2 aromatic carbocycles. The Hall–Kier alpha value is -2.73. The molecule has 2 aromatic rings. The van der Waals surface area contributed by atoms with Crippen molar-refractivity contribution >= 4 is 6.03 Å². The van der Waals surface area contributed by atoms with Crippen molar-refractivity contribution < 1.29 is 19.2 Å². The van der Waals surface area contributed by atoms with E-state index in [0.717, 1.165) is 37.4 Å². The molecule has 0 saturated carbocycles. The monoisotopic (exact) mass is 412 g/mol. The van der Waals surface area contributed by atoms with Crippen LogP contribution in [0.4, 0.5) is 4.79 Å². The van der Waals surface area contributed by atoms with Gasteiger partial charge < -0.3 is 25.0 Å². The molecule has 3 rings (SSSR count). The lowest BCUT2D eigenvalue weighted by molar-refractivity contribution is -0.948. The first-order chi connectivity index (χ1) is 14.6. The zero-order valence-corrected chi connectivity index (χ0v) is 18.5. The van der Waals surface area contributed by atoms with Crippen LogP contribution in [0.2, 0.25) is 0 Å². The topological polar surface area (TPSA) is 64.0 Å². The fourth-order valence-corrected chi connectivity index (χ4v) is 4.37. The number of quaternary nitrogens is 1. The second-order valence-corrected chi connectivity index (χ2v) is 7.89. The molecule has 2 amide bonds. The molecule has 6 heteroatoms. The summed E-state index contributed by atoms with van der Waals surface area (Å²) in [7, 11) is 3.33.